The van der Waals surface area contributed by atoms with Gasteiger partial charge in [0.15, 0.2) is 5.84 Å². The number of para-hydroxylation sites is 2. The summed E-state index contributed by atoms with van der Waals surface area (Å²) in [7, 11) is 0. The molecule has 0 radical (unpaired) electrons. The van der Waals surface area contributed by atoms with Crippen LogP contribution in [-0.2, 0) is 10.8 Å². The Hall–Kier alpha value is -7.70. The summed E-state index contributed by atoms with van der Waals surface area (Å²) in [5.74, 6) is 1.28. The molecule has 1 atom stereocenters. The minimum atomic E-state index is -0.529. The Kier molecular flexibility index (Phi) is 7.38. The number of rotatable bonds is 4. The van der Waals surface area contributed by atoms with Crippen LogP contribution >= 0.6 is 0 Å². The van der Waals surface area contributed by atoms with Gasteiger partial charge in [-0.15, -0.1) is 0 Å². The van der Waals surface area contributed by atoms with Crippen LogP contribution in [-0.4, -0.2) is 11.8 Å². The molecule has 0 saturated heterocycles. The molecule has 6 nitrogen and oxygen atoms in total. The summed E-state index contributed by atoms with van der Waals surface area (Å²) in [5.41, 5.74) is 17.1. The quantitative estimate of drug-likeness (QED) is 0.192. The molecular formula is C57H42N4O2. The summed E-state index contributed by atoms with van der Waals surface area (Å²) in [6.45, 7) is 9.35. The number of benzene rings is 8. The highest BCUT2D eigenvalue weighted by Crippen LogP contribution is 2.52. The maximum atomic E-state index is 6.45. The highest BCUT2D eigenvalue weighted by atomic mass is 16.3. The van der Waals surface area contributed by atoms with Gasteiger partial charge in [0, 0.05) is 54.9 Å². The predicted octanol–water partition coefficient (Wildman–Crippen LogP) is 14.3. The molecule has 0 spiro atoms. The van der Waals surface area contributed by atoms with Crippen molar-refractivity contribution in [2.75, 3.05) is 4.90 Å². The lowest BCUT2D eigenvalue weighted by Gasteiger charge is -2.33. The number of hydrogen-bond acceptors (Lipinski definition) is 6. The van der Waals surface area contributed by atoms with E-state index in [9.17, 15) is 0 Å². The largest absolute Gasteiger partial charge is 0.456 e. The molecule has 0 amide bonds. The Morgan fingerprint density at radius 2 is 0.937 bits per heavy atom. The van der Waals surface area contributed by atoms with Gasteiger partial charge in [-0.1, -0.05) is 149 Å². The van der Waals surface area contributed by atoms with Crippen LogP contribution in [0.25, 0.3) is 66.1 Å². The van der Waals surface area contributed by atoms with E-state index in [1.165, 1.54) is 44.5 Å². The molecule has 1 unspecified atom stereocenters. The summed E-state index contributed by atoms with van der Waals surface area (Å²) in [5, 5.41) is 8.02. The molecule has 13 rings (SSSR count). The SMILES string of the molecule is CC1(C)c2ccccc2-c2ccc(N(C3=NC(c4cccc5oc6ccccc6c45)=NC(c4cccc5oc6ccccc6c45)N3)c3ccc4c(c3)C(C)(C)c3ccccc3-4)cc21. The van der Waals surface area contributed by atoms with E-state index in [0.717, 1.165) is 66.4 Å². The molecule has 302 valence electrons. The second-order valence-electron chi connectivity index (χ2n) is 18.2. The summed E-state index contributed by atoms with van der Waals surface area (Å²) in [4.78, 5) is 13.4. The number of guanidine groups is 1. The Bertz CT molecular complexity index is 3530. The number of nitrogens with one attached hydrogen (secondary N) is 1. The standard InChI is InChI=1S/C57H42N4O2/c1-56(2)43-21-9-5-15-35(43)37-29-27-33(31-45(37)56)61(34-28-30-38-36-16-6-10-22-44(36)57(3,4)46(38)32-34)55-59-53(41-19-13-25-49-51(41)39-17-7-11-23-47(39)62-49)58-54(60-55)42-20-14-26-50-52(42)40-18-8-12-24-48(40)63-50/h5-32,53H,1-4H3,(H,58,59,60). The lowest BCUT2D eigenvalue weighted by molar-refractivity contribution is 0.657. The first kappa shape index (κ1) is 36.0. The normalized spacial score (nSPS) is 16.7. The summed E-state index contributed by atoms with van der Waals surface area (Å²) >= 11 is 0. The summed E-state index contributed by atoms with van der Waals surface area (Å²) in [6, 6.07) is 60.4. The first-order valence-electron chi connectivity index (χ1n) is 21.8. The number of amidine groups is 1. The Labute approximate surface area is 364 Å². The van der Waals surface area contributed by atoms with Gasteiger partial charge in [0.1, 0.15) is 28.5 Å². The van der Waals surface area contributed by atoms with Crippen molar-refractivity contribution in [2.24, 2.45) is 9.98 Å². The summed E-state index contributed by atoms with van der Waals surface area (Å²) in [6.07, 6.45) is -0.529. The van der Waals surface area contributed by atoms with Gasteiger partial charge < -0.3 is 14.2 Å². The smallest absolute Gasteiger partial charge is 0.211 e. The van der Waals surface area contributed by atoms with Crippen molar-refractivity contribution in [3.05, 3.63) is 203 Å². The number of fused-ring (bicyclic) bond motifs is 12. The molecule has 0 fully saturated rings. The second-order valence-corrected chi connectivity index (χ2v) is 18.2. The fourth-order valence-corrected chi connectivity index (χ4v) is 10.9. The number of anilines is 2. The van der Waals surface area contributed by atoms with Crippen LogP contribution in [0.15, 0.2) is 189 Å². The van der Waals surface area contributed by atoms with Crippen molar-refractivity contribution in [2.45, 2.75) is 44.7 Å². The van der Waals surface area contributed by atoms with Crippen LogP contribution in [0.3, 0.4) is 0 Å². The van der Waals surface area contributed by atoms with Crippen LogP contribution in [0.2, 0.25) is 0 Å². The van der Waals surface area contributed by atoms with Gasteiger partial charge >= 0.3 is 0 Å². The molecule has 0 saturated carbocycles. The van der Waals surface area contributed by atoms with Crippen LogP contribution in [0.4, 0.5) is 11.4 Å². The van der Waals surface area contributed by atoms with E-state index in [1.54, 1.807) is 0 Å². The van der Waals surface area contributed by atoms with E-state index in [0.29, 0.717) is 11.8 Å². The molecule has 10 aromatic rings. The third-order valence-corrected chi connectivity index (χ3v) is 14.0. The van der Waals surface area contributed by atoms with E-state index in [-0.39, 0.29) is 10.8 Å². The molecular weight excluding hydrogens is 773 g/mol. The lowest BCUT2D eigenvalue weighted by atomic mass is 9.82. The monoisotopic (exact) mass is 814 g/mol. The van der Waals surface area contributed by atoms with Gasteiger partial charge in [0.05, 0.1) is 0 Å². The highest BCUT2D eigenvalue weighted by Gasteiger charge is 2.39. The maximum absolute atomic E-state index is 6.45. The number of nitrogens with zero attached hydrogens (tertiary/aromatic N) is 3. The van der Waals surface area contributed by atoms with Gasteiger partial charge in [-0.25, -0.2) is 4.99 Å². The zero-order chi connectivity index (χ0) is 42.2. The molecule has 3 heterocycles. The van der Waals surface area contributed by atoms with Crippen molar-refractivity contribution in [3.63, 3.8) is 0 Å². The van der Waals surface area contributed by atoms with E-state index in [2.05, 4.69) is 165 Å². The van der Waals surface area contributed by atoms with E-state index >= 15 is 0 Å². The Balaban J connectivity index is 1.07. The van der Waals surface area contributed by atoms with Crippen molar-refractivity contribution in [1.82, 2.24) is 5.32 Å². The van der Waals surface area contributed by atoms with Gasteiger partial charge in [-0.3, -0.25) is 4.90 Å². The zero-order valence-electron chi connectivity index (χ0n) is 35.4. The van der Waals surface area contributed by atoms with Crippen molar-refractivity contribution >= 4 is 67.0 Å². The van der Waals surface area contributed by atoms with Crippen molar-refractivity contribution in [1.29, 1.82) is 0 Å². The second kappa shape index (κ2) is 12.9. The zero-order valence-corrected chi connectivity index (χ0v) is 35.4. The molecule has 2 aromatic heterocycles. The van der Waals surface area contributed by atoms with Crippen LogP contribution < -0.4 is 10.2 Å². The summed E-state index contributed by atoms with van der Waals surface area (Å²) < 4.78 is 12.9. The number of furan rings is 2. The fraction of sp³-hybridized carbons (Fsp3) is 0.123. The molecule has 63 heavy (non-hydrogen) atoms. The van der Waals surface area contributed by atoms with Gasteiger partial charge in [-0.05, 0) is 93.0 Å². The minimum absolute atomic E-state index is 0.206. The maximum Gasteiger partial charge on any atom is 0.211 e. The first-order chi connectivity index (χ1) is 30.7. The molecule has 0 bridgehead atoms. The van der Waals surface area contributed by atoms with Crippen molar-refractivity contribution in [3.8, 4) is 22.3 Å². The van der Waals surface area contributed by atoms with Crippen LogP contribution in [0, 0.1) is 0 Å². The van der Waals surface area contributed by atoms with E-state index < -0.39 is 6.17 Å². The third-order valence-electron chi connectivity index (χ3n) is 14.0. The Morgan fingerprint density at radius 3 is 1.56 bits per heavy atom. The average molecular weight is 815 g/mol. The lowest BCUT2D eigenvalue weighted by Crippen LogP contribution is -2.43. The van der Waals surface area contributed by atoms with Gasteiger partial charge in [0.2, 0.25) is 5.96 Å². The molecule has 1 aliphatic heterocycles. The van der Waals surface area contributed by atoms with Crippen LogP contribution in [0.5, 0.6) is 0 Å². The molecule has 1 N–H and O–H groups in total. The van der Waals surface area contributed by atoms with E-state index in [4.69, 9.17) is 18.8 Å². The molecule has 6 heteroatoms. The first-order valence-corrected chi connectivity index (χ1v) is 21.8. The molecule has 2 aliphatic carbocycles. The topological polar surface area (TPSA) is 66.3 Å². The van der Waals surface area contributed by atoms with Crippen LogP contribution in [0.1, 0.15) is 67.2 Å². The third kappa shape index (κ3) is 5.12. The minimum Gasteiger partial charge on any atom is -0.456 e. The Morgan fingerprint density at radius 1 is 0.460 bits per heavy atom. The average Bonchev–Trinajstić information content (AvgIpc) is 4.02. The fourth-order valence-electron chi connectivity index (χ4n) is 10.9. The molecule has 3 aliphatic rings. The number of hydrogen-bond donors (Lipinski definition) is 1. The number of aliphatic imine (C=N–C) groups is 2. The molecule has 8 aromatic carbocycles. The van der Waals surface area contributed by atoms with Gasteiger partial charge in [-0.2, -0.15) is 4.99 Å². The van der Waals surface area contributed by atoms with E-state index in [1.807, 2.05) is 42.5 Å². The predicted molar refractivity (Wildman–Crippen MR) is 257 cm³/mol. The van der Waals surface area contributed by atoms with Crippen molar-refractivity contribution < 1.29 is 8.83 Å². The highest BCUT2D eigenvalue weighted by molar-refractivity contribution is 6.22. The van der Waals surface area contributed by atoms with Gasteiger partial charge in [0.25, 0.3) is 0 Å².